The van der Waals surface area contributed by atoms with E-state index < -0.39 is 0 Å². The molecular formula is C19H26N2O3. The summed E-state index contributed by atoms with van der Waals surface area (Å²) in [5.74, 6) is -0.293. The fourth-order valence-corrected chi connectivity index (χ4v) is 2.74. The molecule has 0 aliphatic heterocycles. The van der Waals surface area contributed by atoms with Gasteiger partial charge in [-0.1, -0.05) is 11.6 Å². The molecule has 2 N–H and O–H groups in total. The van der Waals surface area contributed by atoms with Gasteiger partial charge in [0.15, 0.2) is 0 Å². The van der Waals surface area contributed by atoms with E-state index in [1.165, 1.54) is 38.4 Å². The highest BCUT2D eigenvalue weighted by Crippen LogP contribution is 2.19. The predicted molar refractivity (Wildman–Crippen MR) is 95.1 cm³/mol. The van der Waals surface area contributed by atoms with Gasteiger partial charge in [-0.2, -0.15) is 0 Å². The molecule has 0 saturated carbocycles. The maximum absolute atomic E-state index is 11.8. The van der Waals surface area contributed by atoms with Gasteiger partial charge in [-0.15, -0.1) is 0 Å². The molecule has 130 valence electrons. The average molecular weight is 330 g/mol. The van der Waals surface area contributed by atoms with Gasteiger partial charge < -0.3 is 15.4 Å². The van der Waals surface area contributed by atoms with Gasteiger partial charge in [0.2, 0.25) is 5.91 Å². The highest BCUT2D eigenvalue weighted by Gasteiger charge is 2.06. The van der Waals surface area contributed by atoms with Crippen LogP contribution in [0.15, 0.2) is 35.9 Å². The third-order valence-corrected chi connectivity index (χ3v) is 4.14. The van der Waals surface area contributed by atoms with Gasteiger partial charge in [-0.25, -0.2) is 4.79 Å². The minimum atomic E-state index is -0.353. The van der Waals surface area contributed by atoms with E-state index in [1.54, 1.807) is 24.3 Å². The van der Waals surface area contributed by atoms with Crippen molar-refractivity contribution in [2.24, 2.45) is 0 Å². The van der Waals surface area contributed by atoms with Crippen molar-refractivity contribution in [3.8, 4) is 0 Å². The zero-order chi connectivity index (χ0) is 17.2. The van der Waals surface area contributed by atoms with E-state index in [4.69, 9.17) is 0 Å². The SMILES string of the molecule is COC(=O)c1ccc(NCCC(=O)NCCC2=CCCCC2)cc1. The Balaban J connectivity index is 1.61. The Morgan fingerprint density at radius 1 is 1.12 bits per heavy atom. The second-order valence-corrected chi connectivity index (χ2v) is 5.95. The molecule has 1 aromatic carbocycles. The average Bonchev–Trinajstić information content (AvgIpc) is 2.62. The Morgan fingerprint density at radius 2 is 1.92 bits per heavy atom. The van der Waals surface area contributed by atoms with Crippen molar-refractivity contribution in [3.05, 3.63) is 41.5 Å². The number of anilines is 1. The number of esters is 1. The fourth-order valence-electron chi connectivity index (χ4n) is 2.74. The molecule has 0 heterocycles. The van der Waals surface area contributed by atoms with Crippen LogP contribution in [0.4, 0.5) is 5.69 Å². The largest absolute Gasteiger partial charge is 0.465 e. The first-order valence-electron chi connectivity index (χ1n) is 8.56. The quantitative estimate of drug-likeness (QED) is 0.567. The van der Waals surface area contributed by atoms with Crippen LogP contribution in [0.25, 0.3) is 0 Å². The first kappa shape index (κ1) is 18.0. The van der Waals surface area contributed by atoms with Gasteiger partial charge in [0.25, 0.3) is 0 Å². The van der Waals surface area contributed by atoms with Gasteiger partial charge in [0, 0.05) is 25.2 Å². The lowest BCUT2D eigenvalue weighted by molar-refractivity contribution is -0.120. The van der Waals surface area contributed by atoms with Gasteiger partial charge in [0.1, 0.15) is 0 Å². The minimum Gasteiger partial charge on any atom is -0.465 e. The van der Waals surface area contributed by atoms with Crippen LogP contribution in [0.1, 0.15) is 48.9 Å². The molecule has 0 aromatic heterocycles. The first-order chi connectivity index (χ1) is 11.7. The van der Waals surface area contributed by atoms with Crippen LogP contribution in [0.2, 0.25) is 0 Å². The van der Waals surface area contributed by atoms with Gasteiger partial charge in [-0.05, 0) is 56.4 Å². The molecule has 24 heavy (non-hydrogen) atoms. The van der Waals surface area contributed by atoms with Crippen LogP contribution in [-0.2, 0) is 9.53 Å². The molecule has 0 unspecified atom stereocenters. The Labute approximate surface area is 143 Å². The van der Waals surface area contributed by atoms with E-state index >= 15 is 0 Å². The lowest BCUT2D eigenvalue weighted by Gasteiger charge is -2.13. The first-order valence-corrected chi connectivity index (χ1v) is 8.56. The summed E-state index contributed by atoms with van der Waals surface area (Å²) >= 11 is 0. The molecule has 1 amide bonds. The molecule has 0 fully saturated rings. The summed E-state index contributed by atoms with van der Waals surface area (Å²) in [4.78, 5) is 23.2. The number of benzene rings is 1. The Hall–Kier alpha value is -2.30. The summed E-state index contributed by atoms with van der Waals surface area (Å²) in [6.07, 6.45) is 8.64. The molecule has 1 aliphatic carbocycles. The highest BCUT2D eigenvalue weighted by atomic mass is 16.5. The van der Waals surface area contributed by atoms with Crippen molar-refractivity contribution in [2.75, 3.05) is 25.5 Å². The van der Waals surface area contributed by atoms with Crippen LogP contribution < -0.4 is 10.6 Å². The summed E-state index contributed by atoms with van der Waals surface area (Å²) in [7, 11) is 1.36. The van der Waals surface area contributed by atoms with Crippen molar-refractivity contribution in [1.82, 2.24) is 5.32 Å². The van der Waals surface area contributed by atoms with Crippen LogP contribution >= 0.6 is 0 Å². The molecule has 5 nitrogen and oxygen atoms in total. The maximum Gasteiger partial charge on any atom is 0.337 e. The van der Waals surface area contributed by atoms with E-state index in [-0.39, 0.29) is 11.9 Å². The van der Waals surface area contributed by atoms with E-state index in [9.17, 15) is 9.59 Å². The zero-order valence-corrected chi connectivity index (χ0v) is 14.3. The Kier molecular flexibility index (Phi) is 7.33. The Morgan fingerprint density at radius 3 is 2.58 bits per heavy atom. The summed E-state index contributed by atoms with van der Waals surface area (Å²) in [5.41, 5.74) is 2.87. The van der Waals surface area contributed by atoms with Crippen LogP contribution in [0.5, 0.6) is 0 Å². The molecule has 5 heteroatoms. The van der Waals surface area contributed by atoms with Crippen molar-refractivity contribution < 1.29 is 14.3 Å². The van der Waals surface area contributed by atoms with Crippen LogP contribution in [0, 0.1) is 0 Å². The third kappa shape index (κ3) is 6.07. The number of methoxy groups -OCH3 is 1. The lowest BCUT2D eigenvalue weighted by atomic mass is 9.97. The number of carbonyl (C=O) groups excluding carboxylic acids is 2. The van der Waals surface area contributed by atoms with E-state index in [2.05, 4.69) is 21.4 Å². The monoisotopic (exact) mass is 330 g/mol. The molecule has 0 atom stereocenters. The van der Waals surface area contributed by atoms with E-state index in [1.807, 2.05) is 0 Å². The topological polar surface area (TPSA) is 67.4 Å². The molecule has 0 bridgehead atoms. The molecule has 0 spiro atoms. The van der Waals surface area contributed by atoms with Crippen molar-refractivity contribution >= 4 is 17.6 Å². The smallest absolute Gasteiger partial charge is 0.337 e. The summed E-state index contributed by atoms with van der Waals surface area (Å²) in [5, 5.41) is 6.14. The van der Waals surface area contributed by atoms with Gasteiger partial charge in [0.05, 0.1) is 12.7 Å². The van der Waals surface area contributed by atoms with Crippen molar-refractivity contribution in [1.29, 1.82) is 0 Å². The number of nitrogens with one attached hydrogen (secondary N) is 2. The van der Waals surface area contributed by atoms with Gasteiger partial charge in [-0.3, -0.25) is 4.79 Å². The second kappa shape index (κ2) is 9.75. The minimum absolute atomic E-state index is 0.0603. The Bertz CT molecular complexity index is 579. The molecular weight excluding hydrogens is 304 g/mol. The number of hydrogen-bond donors (Lipinski definition) is 2. The fraction of sp³-hybridized carbons (Fsp3) is 0.474. The summed E-state index contributed by atoms with van der Waals surface area (Å²) in [6, 6.07) is 7.01. The van der Waals surface area contributed by atoms with E-state index in [0.29, 0.717) is 18.5 Å². The van der Waals surface area contributed by atoms with Crippen LogP contribution in [0.3, 0.4) is 0 Å². The zero-order valence-electron chi connectivity index (χ0n) is 14.3. The molecule has 0 saturated heterocycles. The normalized spacial score (nSPS) is 13.8. The number of ether oxygens (including phenoxy) is 1. The molecule has 1 aliphatic rings. The van der Waals surface area contributed by atoms with E-state index in [0.717, 1.165) is 18.7 Å². The number of allylic oxidation sites excluding steroid dienone is 1. The predicted octanol–water partition coefficient (Wildman–Crippen LogP) is 3.28. The molecule has 1 aromatic rings. The number of rotatable bonds is 8. The molecule has 2 rings (SSSR count). The summed E-state index contributed by atoms with van der Waals surface area (Å²) in [6.45, 7) is 1.28. The number of hydrogen-bond acceptors (Lipinski definition) is 4. The highest BCUT2D eigenvalue weighted by molar-refractivity contribution is 5.89. The van der Waals surface area contributed by atoms with Crippen molar-refractivity contribution in [3.63, 3.8) is 0 Å². The maximum atomic E-state index is 11.8. The number of amides is 1. The van der Waals surface area contributed by atoms with Gasteiger partial charge >= 0.3 is 5.97 Å². The third-order valence-electron chi connectivity index (χ3n) is 4.14. The lowest BCUT2D eigenvalue weighted by Crippen LogP contribution is -2.26. The number of carbonyl (C=O) groups is 2. The standard InChI is InChI=1S/C19H26N2O3/c1-24-19(23)16-7-9-17(10-8-16)20-14-12-18(22)21-13-11-15-5-3-2-4-6-15/h5,7-10,20H,2-4,6,11-14H2,1H3,(H,21,22). The summed E-state index contributed by atoms with van der Waals surface area (Å²) < 4.78 is 4.65. The molecule has 0 radical (unpaired) electrons. The van der Waals surface area contributed by atoms with Crippen molar-refractivity contribution in [2.45, 2.75) is 38.5 Å². The second-order valence-electron chi connectivity index (χ2n) is 5.95. The van der Waals surface area contributed by atoms with Crippen LogP contribution in [-0.4, -0.2) is 32.1 Å².